The Bertz CT molecular complexity index is 5730. The Hall–Kier alpha value is -9.92. The van der Waals surface area contributed by atoms with Crippen molar-refractivity contribution in [3.63, 3.8) is 0 Å². The van der Waals surface area contributed by atoms with E-state index >= 15 is 0 Å². The number of benzene rings is 5. The number of aryl methyl sites for hydroxylation is 2. The molecule has 8 aromatic rings. The quantitative estimate of drug-likeness (QED) is 0.0200. The van der Waals surface area contributed by atoms with E-state index in [1.165, 1.54) is 66.6 Å². The molecule has 122 heavy (non-hydrogen) atoms. The summed E-state index contributed by atoms with van der Waals surface area (Å²) in [7, 11) is 1.34. The molecule has 18 rings (SSSR count). The molecule has 0 spiro atoms. The molecule has 9 N–H and O–H groups in total. The van der Waals surface area contributed by atoms with Crippen LogP contribution >= 0.6 is 47.3 Å². The van der Waals surface area contributed by atoms with Crippen LogP contribution in [0.25, 0.3) is 6.08 Å². The van der Waals surface area contributed by atoms with E-state index in [-0.39, 0.29) is 110 Å². The van der Waals surface area contributed by atoms with Gasteiger partial charge >= 0.3 is 35.5 Å². The van der Waals surface area contributed by atoms with E-state index in [0.717, 1.165) is 117 Å². The number of carbonyl (C=O) groups is 8. The zero-order chi connectivity index (χ0) is 86.4. The van der Waals surface area contributed by atoms with Crippen LogP contribution in [-0.2, 0) is 70.9 Å². The molecule has 0 radical (unpaired) electrons. The number of carboxylic acid groups (broad SMARTS) is 1. The van der Waals surface area contributed by atoms with Crippen LogP contribution in [0.1, 0.15) is 168 Å². The van der Waals surface area contributed by atoms with Crippen LogP contribution in [0, 0.1) is 28.6 Å². The summed E-state index contributed by atoms with van der Waals surface area (Å²) >= 11 is 12.5. The number of thiophene rings is 1. The van der Waals surface area contributed by atoms with E-state index < -0.39 is 62.5 Å². The number of Topliss-reactive ketones (excluding diaryl/α,β-unsaturated/α-hetero) is 2. The van der Waals surface area contributed by atoms with E-state index in [1.54, 1.807) is 90.6 Å². The molecule has 632 valence electrons. The molecule has 6 aliphatic carbocycles. The number of anilines is 3. The average Bonchev–Trinajstić information content (AvgIpc) is 1.50. The third kappa shape index (κ3) is 18.9. The first kappa shape index (κ1) is 91.3. The number of hydrogen-bond donors (Lipinski definition) is 10. The molecular formula is C91H95ClN9NaO16S4. The van der Waals surface area contributed by atoms with Gasteiger partial charge in [0.25, 0.3) is 21.8 Å². The van der Waals surface area contributed by atoms with Gasteiger partial charge in [0.15, 0.2) is 23.0 Å². The number of ketones is 4. The SMILES string of the molecule is CN1/C(=C(\O)Nc2ccccn2)C(=O)c2sccc2S1(=O)=O.CNc1c2c(nn1C)CCCC2.C[C@]12CCC(=O)C=C1CC[C@@H]1[C@@H]2[C@@H](O)C[C@@]2(C)[C@H]1CC[C@]2(O)C(=O)CS.O=C(O)Cc1ccc2c(c1)SCc1ccccc1C2=O.O=C1N=C(O)C2=C(CCCC2)/C1=C/c1ccccc1.O=C1N=C(O)c2ccccc2C1C(=O)Nc1ccc(Cl)cc1.[NaH]. The Kier molecular flexibility index (Phi) is 29.1. The summed E-state index contributed by atoms with van der Waals surface area (Å²) in [4.78, 5) is 109. The first-order valence-corrected chi connectivity index (χ1v) is 44.3. The van der Waals surface area contributed by atoms with Gasteiger partial charge in [0.2, 0.25) is 29.4 Å². The van der Waals surface area contributed by atoms with Crippen LogP contribution in [0.5, 0.6) is 0 Å². The van der Waals surface area contributed by atoms with Crippen LogP contribution in [0.15, 0.2) is 217 Å². The van der Waals surface area contributed by atoms with Crippen molar-refractivity contribution >= 4 is 169 Å². The molecule has 0 saturated heterocycles. The Balaban J connectivity index is 0.000000135. The number of halogens is 1. The molecule has 3 fully saturated rings. The van der Waals surface area contributed by atoms with E-state index in [0.29, 0.717) is 64.0 Å². The maximum atomic E-state index is 12.5. The number of aliphatic hydroxyl groups excluding tert-OH is 4. The predicted molar refractivity (Wildman–Crippen MR) is 475 cm³/mol. The third-order valence-corrected chi connectivity index (χ3v) is 29.1. The number of carboxylic acids is 1. The molecule has 5 aromatic carbocycles. The Morgan fingerprint density at radius 1 is 0.746 bits per heavy atom. The van der Waals surface area contributed by atoms with Gasteiger partial charge in [-0.1, -0.05) is 116 Å². The second kappa shape index (κ2) is 38.9. The topological polar surface area (TPSA) is 387 Å². The fourth-order valence-electron chi connectivity index (χ4n) is 18.6. The molecule has 3 amide bonds. The average molecular weight is 1760 g/mol. The van der Waals surface area contributed by atoms with Gasteiger partial charge in [-0.05, 0) is 219 Å². The minimum absolute atomic E-state index is 0. The number of hydrogen-bond acceptors (Lipinski definition) is 20. The molecule has 25 nitrogen and oxygen atoms in total. The summed E-state index contributed by atoms with van der Waals surface area (Å²) in [5.41, 5.74) is 9.48. The van der Waals surface area contributed by atoms with Gasteiger partial charge in [0.05, 0.1) is 28.8 Å². The fourth-order valence-corrected chi connectivity index (χ4v) is 22.7. The molecular weight excluding hydrogens is 1660 g/mol. The standard InChI is InChI=1S/C21H30O4S.C16H11ClN2O3.C16H15NO2.C16H12O3S.C13H11N3O4S2.C9H15N3.Na.H/c1-19-7-5-13(22)9-12(19)3-4-14-15-6-8-21(25,17(24)11-26)20(15,2)10-16(23)18(14)19;17-9-5-7-10(8-6-9)18-15(21)13-11-3-1-2-4-12(11)14(20)19-16(13)22;18-15-13-9-5-4-8-12(13)14(16(19)17-15)10-11-6-2-1-3-7-11;17-15(18)8-10-5-6-13-14(7-10)20-9-11-3-1-2-4-12(11)16(13)19;1-16-10(13(18)15-9-4-2-3-6-14-9)11(17)12-8(5-7-21-12)22(16,19)20;1-10-9-7-5-3-4-6-8(7)11-12(9)2;;/h9,14-16,18,23,25-26H,3-8,10-11H2,1-2H3;1-8,13H,(H,18,21)(H,19,20,22);1-3,6-7,10H,4-5,8-9H2,(H,17,18,19);1-7H,8-9H2,(H,17,18);2-7,18H,1H3,(H,14,15);10H,3-6H2,1-2H3;;/b;;14-10-;;13-10-;;;/t14-,15-,16-,18+,19-,20-,21-;;;;;;;/m0......./s1. The summed E-state index contributed by atoms with van der Waals surface area (Å²) in [5.74, 6) is -2.11. The van der Waals surface area contributed by atoms with Gasteiger partial charge in [-0.2, -0.15) is 27.7 Å². The number of nitrogens with zero attached hydrogens (tertiary/aromatic N) is 6. The number of dihydropyridines is 1. The molecule has 3 aromatic heterocycles. The van der Waals surface area contributed by atoms with Gasteiger partial charge in [0.1, 0.15) is 28.1 Å². The van der Waals surface area contributed by atoms with E-state index in [2.05, 4.69) is 55.6 Å². The van der Waals surface area contributed by atoms with Crippen molar-refractivity contribution in [3.05, 3.63) is 257 Å². The normalized spacial score (nSPS) is 24.2. The number of aliphatic imine (C=N–C) groups is 2. The Morgan fingerprint density at radius 2 is 1.43 bits per heavy atom. The van der Waals surface area contributed by atoms with Crippen molar-refractivity contribution in [3.8, 4) is 0 Å². The van der Waals surface area contributed by atoms with Crippen molar-refractivity contribution < 1.29 is 77.4 Å². The number of carbonyl (C=O) groups excluding carboxylic acids is 7. The Morgan fingerprint density at radius 3 is 2.15 bits per heavy atom. The number of aliphatic carboxylic acids is 1. The number of thioether (sulfide) groups is 1. The van der Waals surface area contributed by atoms with Crippen LogP contribution in [0.2, 0.25) is 5.02 Å². The first-order valence-electron chi connectivity index (χ1n) is 40.0. The van der Waals surface area contributed by atoms with Crippen LogP contribution < -0.4 is 16.0 Å². The number of thiol groups is 1. The number of nitrogens with one attached hydrogen (secondary N) is 3. The van der Waals surface area contributed by atoms with Crippen molar-refractivity contribution in [2.24, 2.45) is 45.6 Å². The number of likely N-dealkylation sites (N-methyl/N-ethyl adjacent to an activating group) is 1. The van der Waals surface area contributed by atoms with Gasteiger partial charge < -0.3 is 46.6 Å². The summed E-state index contributed by atoms with van der Waals surface area (Å²) < 4.78 is 27.5. The van der Waals surface area contributed by atoms with Crippen molar-refractivity contribution in [1.82, 2.24) is 19.1 Å². The minimum atomic E-state index is -3.85. The molecule has 3 saturated carbocycles. The summed E-state index contributed by atoms with van der Waals surface area (Å²) in [6.45, 7) is 4.22. The third-order valence-electron chi connectivity index (χ3n) is 24.6. The molecule has 7 heterocycles. The summed E-state index contributed by atoms with van der Waals surface area (Å²) in [6, 6.07) is 42.2. The fraction of sp³-hybridized carbons (Fsp3) is 0.341. The molecule has 8 atom stereocenters. The van der Waals surface area contributed by atoms with Crippen LogP contribution in [-0.4, -0.2) is 178 Å². The van der Waals surface area contributed by atoms with Gasteiger partial charge in [-0.25, -0.2) is 13.4 Å². The summed E-state index contributed by atoms with van der Waals surface area (Å²) in [5, 5.41) is 76.0. The summed E-state index contributed by atoms with van der Waals surface area (Å²) in [6.07, 6.45) is 18.3. The number of pyridine rings is 1. The van der Waals surface area contributed by atoms with Crippen LogP contribution in [0.4, 0.5) is 17.3 Å². The number of amides is 3. The monoisotopic (exact) mass is 1760 g/mol. The molecule has 0 bridgehead atoms. The second-order valence-electron chi connectivity index (χ2n) is 31.7. The predicted octanol–water partition coefficient (Wildman–Crippen LogP) is 14.7. The van der Waals surface area contributed by atoms with E-state index in [9.17, 15) is 72.3 Å². The number of sulfonamides is 1. The van der Waals surface area contributed by atoms with Crippen molar-refractivity contribution in [1.29, 1.82) is 0 Å². The number of aliphatic hydroxyl groups is 5. The molecule has 1 unspecified atom stereocenters. The van der Waals surface area contributed by atoms with Crippen LogP contribution in [0.3, 0.4) is 0 Å². The first-order chi connectivity index (χ1) is 57.9. The zero-order valence-corrected chi connectivity index (χ0v) is 71.4. The second-order valence-corrected chi connectivity index (χ2v) is 36.3. The van der Waals surface area contributed by atoms with Gasteiger partial charge in [-0.3, -0.25) is 47.3 Å². The zero-order valence-electron chi connectivity index (χ0n) is 67.3. The molecule has 10 aliphatic rings. The van der Waals surface area contributed by atoms with Gasteiger partial charge in [-0.15, -0.1) is 23.1 Å². The Labute approximate surface area is 747 Å². The van der Waals surface area contributed by atoms with E-state index in [4.69, 9.17) is 16.7 Å². The number of rotatable bonds is 10. The number of allylic oxidation sites excluding steroid dienone is 2. The van der Waals surface area contributed by atoms with Gasteiger partial charge in [0, 0.05) is 93.9 Å². The number of fused-ring (bicyclic) bond motifs is 10. The van der Waals surface area contributed by atoms with E-state index in [1.807, 2.05) is 98.5 Å². The number of aromatic nitrogens is 3. The molecule has 31 heteroatoms. The van der Waals surface area contributed by atoms with Crippen molar-refractivity contribution in [2.45, 2.75) is 150 Å². The molecule has 4 aliphatic heterocycles. The van der Waals surface area contributed by atoms with Crippen molar-refractivity contribution in [2.75, 3.05) is 35.8 Å². The maximum absolute atomic E-state index is 12.5.